The monoisotopic (exact) mass is 288 g/mol. The molecular weight excluding hydrogens is 268 g/mol. The Labute approximate surface area is 125 Å². The van der Waals surface area contributed by atoms with Gasteiger partial charge < -0.3 is 4.90 Å². The Kier molecular flexibility index (Phi) is 4.11. The van der Waals surface area contributed by atoms with E-state index in [1.54, 1.807) is 0 Å². The van der Waals surface area contributed by atoms with Gasteiger partial charge in [0, 0.05) is 24.0 Å². The zero-order valence-electron chi connectivity index (χ0n) is 12.0. The van der Waals surface area contributed by atoms with Crippen molar-refractivity contribution in [1.29, 1.82) is 0 Å². The van der Waals surface area contributed by atoms with Gasteiger partial charge in [0.2, 0.25) is 0 Å². The Morgan fingerprint density at radius 2 is 2.00 bits per heavy atom. The highest BCUT2D eigenvalue weighted by Gasteiger charge is 2.21. The van der Waals surface area contributed by atoms with Crippen LogP contribution in [0, 0.1) is 5.92 Å². The molecule has 1 aliphatic heterocycles. The van der Waals surface area contributed by atoms with Crippen molar-refractivity contribution in [3.05, 3.63) is 35.9 Å². The first kappa shape index (κ1) is 13.7. The zero-order valence-corrected chi connectivity index (χ0v) is 12.7. The molecule has 0 atom stereocenters. The summed E-state index contributed by atoms with van der Waals surface area (Å²) in [7, 11) is 0. The van der Waals surface area contributed by atoms with Crippen molar-refractivity contribution < 1.29 is 0 Å². The van der Waals surface area contributed by atoms with Gasteiger partial charge in [0.25, 0.3) is 0 Å². The number of para-hydroxylation sites is 1. The Hall–Kier alpha value is -1.28. The molecule has 0 bridgehead atoms. The van der Waals surface area contributed by atoms with Crippen molar-refractivity contribution in [3.63, 3.8) is 0 Å². The van der Waals surface area contributed by atoms with E-state index in [-0.39, 0.29) is 0 Å². The maximum atomic E-state index is 6.14. The van der Waals surface area contributed by atoms with E-state index in [2.05, 4.69) is 36.1 Å². The molecule has 1 aromatic heterocycles. The Morgan fingerprint density at radius 3 is 2.70 bits per heavy atom. The second-order valence-corrected chi connectivity index (χ2v) is 5.90. The number of halogens is 1. The molecule has 3 heteroatoms. The highest BCUT2D eigenvalue weighted by atomic mass is 35.5. The molecule has 2 nitrogen and oxygen atoms in total. The second kappa shape index (κ2) is 6.01. The van der Waals surface area contributed by atoms with Crippen LogP contribution in [0.25, 0.3) is 10.9 Å². The van der Waals surface area contributed by atoms with Crippen LogP contribution in [0.3, 0.4) is 0 Å². The maximum absolute atomic E-state index is 6.14. The highest BCUT2D eigenvalue weighted by Crippen LogP contribution is 2.29. The third-order valence-electron chi connectivity index (χ3n) is 4.42. The number of hydrogen-bond donors (Lipinski definition) is 0. The van der Waals surface area contributed by atoms with Crippen molar-refractivity contribution in [2.75, 3.05) is 18.0 Å². The van der Waals surface area contributed by atoms with E-state index in [1.807, 2.05) is 6.07 Å². The number of benzene rings is 1. The predicted molar refractivity (Wildman–Crippen MR) is 86.5 cm³/mol. The normalized spacial score (nSPS) is 16.8. The largest absolute Gasteiger partial charge is 0.356 e. The average molecular weight is 289 g/mol. The van der Waals surface area contributed by atoms with E-state index in [9.17, 15) is 0 Å². The minimum atomic E-state index is 0.529. The summed E-state index contributed by atoms with van der Waals surface area (Å²) < 4.78 is 0. The van der Waals surface area contributed by atoms with Gasteiger partial charge in [-0.1, -0.05) is 31.5 Å². The SMILES string of the molecule is CCC1CCN(c2nc3ccccc3cc2CCl)CC1. The minimum Gasteiger partial charge on any atom is -0.356 e. The van der Waals surface area contributed by atoms with Gasteiger partial charge in [-0.05, 0) is 30.9 Å². The molecule has 1 aromatic carbocycles. The van der Waals surface area contributed by atoms with Gasteiger partial charge in [-0.3, -0.25) is 0 Å². The van der Waals surface area contributed by atoms with E-state index in [0.717, 1.165) is 35.9 Å². The third-order valence-corrected chi connectivity index (χ3v) is 4.70. The van der Waals surface area contributed by atoms with Gasteiger partial charge in [0.05, 0.1) is 11.4 Å². The fourth-order valence-corrected chi connectivity index (χ4v) is 3.27. The number of hydrogen-bond acceptors (Lipinski definition) is 2. The summed E-state index contributed by atoms with van der Waals surface area (Å²) in [5.74, 6) is 2.50. The van der Waals surface area contributed by atoms with Crippen molar-refractivity contribution in [3.8, 4) is 0 Å². The molecule has 0 aliphatic carbocycles. The quantitative estimate of drug-likeness (QED) is 0.767. The second-order valence-electron chi connectivity index (χ2n) is 5.64. The number of piperidine rings is 1. The molecule has 0 saturated carbocycles. The van der Waals surface area contributed by atoms with Crippen LogP contribution in [0.15, 0.2) is 30.3 Å². The number of aromatic nitrogens is 1. The van der Waals surface area contributed by atoms with E-state index >= 15 is 0 Å². The van der Waals surface area contributed by atoms with E-state index in [1.165, 1.54) is 24.6 Å². The van der Waals surface area contributed by atoms with Gasteiger partial charge in [0.15, 0.2) is 0 Å². The molecule has 106 valence electrons. The van der Waals surface area contributed by atoms with Crippen LogP contribution >= 0.6 is 11.6 Å². The molecule has 0 N–H and O–H groups in total. The first-order valence-electron chi connectivity index (χ1n) is 7.51. The lowest BCUT2D eigenvalue weighted by Gasteiger charge is -2.33. The predicted octanol–water partition coefficient (Wildman–Crippen LogP) is 4.60. The number of nitrogens with zero attached hydrogens (tertiary/aromatic N) is 2. The van der Waals surface area contributed by atoms with Gasteiger partial charge in [-0.2, -0.15) is 0 Å². The van der Waals surface area contributed by atoms with Gasteiger partial charge in [-0.15, -0.1) is 11.6 Å². The van der Waals surface area contributed by atoms with Crippen molar-refractivity contribution in [2.45, 2.75) is 32.1 Å². The van der Waals surface area contributed by atoms with Crippen LogP contribution in [-0.4, -0.2) is 18.1 Å². The summed E-state index contributed by atoms with van der Waals surface area (Å²) in [6.45, 7) is 4.50. The molecule has 0 spiro atoms. The highest BCUT2D eigenvalue weighted by molar-refractivity contribution is 6.17. The molecule has 20 heavy (non-hydrogen) atoms. The van der Waals surface area contributed by atoms with Gasteiger partial charge in [0.1, 0.15) is 5.82 Å². The smallest absolute Gasteiger partial charge is 0.133 e. The van der Waals surface area contributed by atoms with Crippen LogP contribution in [0.5, 0.6) is 0 Å². The lowest BCUT2D eigenvalue weighted by atomic mass is 9.94. The number of alkyl halides is 1. The first-order valence-corrected chi connectivity index (χ1v) is 8.05. The molecular formula is C17H21ClN2. The fourth-order valence-electron chi connectivity index (χ4n) is 3.07. The number of pyridine rings is 1. The molecule has 0 unspecified atom stereocenters. The lowest BCUT2D eigenvalue weighted by Crippen LogP contribution is -2.34. The number of rotatable bonds is 3. The van der Waals surface area contributed by atoms with E-state index in [0.29, 0.717) is 5.88 Å². The molecule has 3 rings (SSSR count). The molecule has 0 amide bonds. The molecule has 1 aliphatic rings. The molecule has 2 aromatic rings. The minimum absolute atomic E-state index is 0.529. The fraction of sp³-hybridized carbons (Fsp3) is 0.471. The van der Waals surface area contributed by atoms with E-state index in [4.69, 9.17) is 16.6 Å². The Balaban J connectivity index is 1.94. The molecule has 0 radical (unpaired) electrons. The van der Waals surface area contributed by atoms with Gasteiger partial charge >= 0.3 is 0 Å². The summed E-state index contributed by atoms with van der Waals surface area (Å²) in [5.41, 5.74) is 2.22. The van der Waals surface area contributed by atoms with Crippen LogP contribution in [-0.2, 0) is 5.88 Å². The average Bonchev–Trinajstić information content (AvgIpc) is 2.53. The summed E-state index contributed by atoms with van der Waals surface area (Å²) in [5, 5.41) is 1.18. The van der Waals surface area contributed by atoms with E-state index < -0.39 is 0 Å². The summed E-state index contributed by atoms with van der Waals surface area (Å²) >= 11 is 6.14. The van der Waals surface area contributed by atoms with Crippen molar-refractivity contribution in [2.24, 2.45) is 5.92 Å². The lowest BCUT2D eigenvalue weighted by molar-refractivity contribution is 0.393. The Morgan fingerprint density at radius 1 is 1.25 bits per heavy atom. The summed E-state index contributed by atoms with van der Waals surface area (Å²) in [6, 6.07) is 10.5. The summed E-state index contributed by atoms with van der Waals surface area (Å²) in [6.07, 6.45) is 3.83. The van der Waals surface area contributed by atoms with Crippen LogP contribution in [0.2, 0.25) is 0 Å². The molecule has 1 fully saturated rings. The molecule has 2 heterocycles. The standard InChI is InChI=1S/C17H21ClN2/c1-2-13-7-9-20(10-8-13)17-15(12-18)11-14-5-3-4-6-16(14)19-17/h3-6,11,13H,2,7-10,12H2,1H3. The number of fused-ring (bicyclic) bond motifs is 1. The maximum Gasteiger partial charge on any atom is 0.133 e. The van der Waals surface area contributed by atoms with Crippen LogP contribution in [0.4, 0.5) is 5.82 Å². The first-order chi connectivity index (χ1) is 9.81. The number of anilines is 1. The van der Waals surface area contributed by atoms with Crippen LogP contribution < -0.4 is 4.90 Å². The van der Waals surface area contributed by atoms with Crippen molar-refractivity contribution in [1.82, 2.24) is 4.98 Å². The van der Waals surface area contributed by atoms with Crippen molar-refractivity contribution >= 4 is 28.3 Å². The Bertz CT molecular complexity index is 589. The topological polar surface area (TPSA) is 16.1 Å². The molecule has 1 saturated heterocycles. The van der Waals surface area contributed by atoms with Gasteiger partial charge in [-0.25, -0.2) is 4.98 Å². The third kappa shape index (κ3) is 2.62. The summed E-state index contributed by atoms with van der Waals surface area (Å²) in [4.78, 5) is 7.28. The zero-order chi connectivity index (χ0) is 13.9. The van der Waals surface area contributed by atoms with Crippen LogP contribution in [0.1, 0.15) is 31.7 Å².